The van der Waals surface area contributed by atoms with Crippen molar-refractivity contribution in [3.8, 4) is 5.75 Å². The molecule has 0 saturated carbocycles. The maximum absolute atomic E-state index is 5.78. The van der Waals surface area contributed by atoms with Gasteiger partial charge in [0.25, 0.3) is 0 Å². The van der Waals surface area contributed by atoms with Gasteiger partial charge in [0.2, 0.25) is 0 Å². The second-order valence-corrected chi connectivity index (χ2v) is 5.56. The van der Waals surface area contributed by atoms with Gasteiger partial charge in [0.15, 0.2) is 0 Å². The predicted molar refractivity (Wildman–Crippen MR) is 80.9 cm³/mol. The Balaban J connectivity index is 2.17. The predicted octanol–water partition coefficient (Wildman–Crippen LogP) is 4.19. The van der Waals surface area contributed by atoms with E-state index in [1.54, 1.807) is 0 Å². The van der Waals surface area contributed by atoms with Gasteiger partial charge < -0.3 is 10.1 Å². The van der Waals surface area contributed by atoms with Crippen LogP contribution in [0.1, 0.15) is 43.4 Å². The van der Waals surface area contributed by atoms with Crippen molar-refractivity contribution in [3.63, 3.8) is 0 Å². The third-order valence-electron chi connectivity index (χ3n) is 3.49. The molecule has 1 N–H and O–H groups in total. The number of nitrogens with one attached hydrogen (secondary N) is 1. The summed E-state index contributed by atoms with van der Waals surface area (Å²) in [4.78, 5) is 0. The maximum Gasteiger partial charge on any atom is 0.123 e. The van der Waals surface area contributed by atoms with E-state index in [0.29, 0.717) is 17.7 Å². The number of fused-ring (bicyclic) bond motifs is 1. The Morgan fingerprint density at radius 1 is 1.53 bits per heavy atom. The number of benzene rings is 1. The van der Waals surface area contributed by atoms with Gasteiger partial charge in [-0.15, -0.1) is 0 Å². The molecule has 0 heterocycles. The van der Waals surface area contributed by atoms with Crippen LogP contribution < -0.4 is 10.1 Å². The second kappa shape index (κ2) is 6.97. The molecule has 2 nitrogen and oxygen atoms in total. The number of hydrogen-bond acceptors (Lipinski definition) is 2. The molecule has 2 rings (SSSR count). The summed E-state index contributed by atoms with van der Waals surface area (Å²) in [6.07, 6.45) is 4.66. The lowest BCUT2D eigenvalue weighted by Crippen LogP contribution is -2.26. The summed E-state index contributed by atoms with van der Waals surface area (Å²) in [5.74, 6) is 0.960. The molecule has 0 saturated heterocycles. The van der Waals surface area contributed by atoms with E-state index >= 15 is 0 Å². The summed E-state index contributed by atoms with van der Waals surface area (Å²) in [5, 5.41) is 4.16. The van der Waals surface area contributed by atoms with E-state index < -0.39 is 0 Å². The monoisotopic (exact) mass is 279 g/mol. The number of hydrogen-bond donors (Lipinski definition) is 1. The molecular formula is C16H22ClNO. The van der Waals surface area contributed by atoms with Gasteiger partial charge in [-0.25, -0.2) is 0 Å². The van der Waals surface area contributed by atoms with Gasteiger partial charge in [0, 0.05) is 11.1 Å². The molecule has 104 valence electrons. The zero-order chi connectivity index (χ0) is 13.7. The Kier molecular flexibility index (Phi) is 5.29. The SMILES string of the molecule is C=C(Cl)COc1cccc2c1CCCC2NCCC. The Morgan fingerprint density at radius 2 is 2.37 bits per heavy atom. The van der Waals surface area contributed by atoms with Gasteiger partial charge in [-0.2, -0.15) is 0 Å². The number of rotatable bonds is 6. The molecule has 0 aromatic heterocycles. The molecule has 0 radical (unpaired) electrons. The van der Waals surface area contributed by atoms with Gasteiger partial charge in [0.05, 0.1) is 0 Å². The molecule has 3 heteroatoms. The van der Waals surface area contributed by atoms with Crippen LogP contribution in [0.25, 0.3) is 0 Å². The van der Waals surface area contributed by atoms with Crippen LogP contribution in [0.5, 0.6) is 5.75 Å². The minimum atomic E-state index is 0.380. The van der Waals surface area contributed by atoms with Crippen LogP contribution in [-0.4, -0.2) is 13.2 Å². The first-order chi connectivity index (χ1) is 9.22. The Morgan fingerprint density at radius 3 is 3.11 bits per heavy atom. The zero-order valence-corrected chi connectivity index (χ0v) is 12.3. The van der Waals surface area contributed by atoms with Gasteiger partial charge in [0.1, 0.15) is 12.4 Å². The minimum absolute atomic E-state index is 0.380. The van der Waals surface area contributed by atoms with Crippen LogP contribution in [0.3, 0.4) is 0 Å². The molecule has 1 aliphatic rings. The van der Waals surface area contributed by atoms with E-state index in [0.717, 1.165) is 25.1 Å². The van der Waals surface area contributed by atoms with Crippen LogP contribution >= 0.6 is 11.6 Å². The maximum atomic E-state index is 5.78. The second-order valence-electron chi connectivity index (χ2n) is 5.03. The van der Waals surface area contributed by atoms with Crippen molar-refractivity contribution in [2.24, 2.45) is 0 Å². The van der Waals surface area contributed by atoms with Gasteiger partial charge in [-0.05, 0) is 49.4 Å². The van der Waals surface area contributed by atoms with Crippen molar-refractivity contribution in [2.45, 2.75) is 38.6 Å². The number of ether oxygens (including phenoxy) is 1. The highest BCUT2D eigenvalue weighted by molar-refractivity contribution is 6.29. The molecule has 19 heavy (non-hydrogen) atoms. The van der Waals surface area contributed by atoms with E-state index in [1.807, 2.05) is 6.07 Å². The van der Waals surface area contributed by atoms with Crippen LogP contribution in [0, 0.1) is 0 Å². The smallest absolute Gasteiger partial charge is 0.123 e. The molecular weight excluding hydrogens is 258 g/mol. The Bertz CT molecular complexity index is 444. The van der Waals surface area contributed by atoms with E-state index in [9.17, 15) is 0 Å². The third kappa shape index (κ3) is 3.74. The molecule has 0 amide bonds. The van der Waals surface area contributed by atoms with Crippen molar-refractivity contribution in [1.29, 1.82) is 0 Å². The highest BCUT2D eigenvalue weighted by atomic mass is 35.5. The lowest BCUT2D eigenvalue weighted by Gasteiger charge is -2.28. The Hall–Kier alpha value is -0.990. The third-order valence-corrected chi connectivity index (χ3v) is 3.60. The summed E-state index contributed by atoms with van der Waals surface area (Å²) >= 11 is 5.78. The van der Waals surface area contributed by atoms with Crippen LogP contribution in [0.15, 0.2) is 29.8 Å². The summed E-state index contributed by atoms with van der Waals surface area (Å²) in [6.45, 7) is 7.31. The zero-order valence-electron chi connectivity index (χ0n) is 11.5. The lowest BCUT2D eigenvalue weighted by atomic mass is 9.87. The summed E-state index contributed by atoms with van der Waals surface area (Å²) in [6, 6.07) is 6.77. The van der Waals surface area contributed by atoms with Crippen LogP contribution in [0.2, 0.25) is 0 Å². The van der Waals surface area contributed by atoms with E-state index in [1.165, 1.54) is 24.0 Å². The molecule has 1 unspecified atom stereocenters. The quantitative estimate of drug-likeness (QED) is 0.843. The summed E-state index contributed by atoms with van der Waals surface area (Å²) in [7, 11) is 0. The molecule has 1 aliphatic carbocycles. The molecule has 1 aromatic carbocycles. The normalized spacial score (nSPS) is 17.9. The summed E-state index contributed by atoms with van der Waals surface area (Å²) in [5.41, 5.74) is 2.72. The van der Waals surface area contributed by atoms with Crippen molar-refractivity contribution in [1.82, 2.24) is 5.32 Å². The van der Waals surface area contributed by atoms with Crippen LogP contribution in [0.4, 0.5) is 0 Å². The largest absolute Gasteiger partial charge is 0.488 e. The average molecular weight is 280 g/mol. The fourth-order valence-corrected chi connectivity index (χ4v) is 2.69. The first-order valence-electron chi connectivity index (χ1n) is 7.03. The fraction of sp³-hybridized carbons (Fsp3) is 0.500. The minimum Gasteiger partial charge on any atom is -0.488 e. The fourth-order valence-electron chi connectivity index (χ4n) is 2.64. The lowest BCUT2D eigenvalue weighted by molar-refractivity contribution is 0.349. The van der Waals surface area contributed by atoms with Gasteiger partial charge >= 0.3 is 0 Å². The topological polar surface area (TPSA) is 21.3 Å². The molecule has 1 atom stereocenters. The number of halogens is 1. The van der Waals surface area contributed by atoms with Crippen molar-refractivity contribution in [3.05, 3.63) is 40.9 Å². The molecule has 0 fully saturated rings. The molecule has 0 bridgehead atoms. The first-order valence-corrected chi connectivity index (χ1v) is 7.41. The first kappa shape index (κ1) is 14.4. The van der Waals surface area contributed by atoms with Crippen molar-refractivity contribution < 1.29 is 4.74 Å². The molecule has 0 spiro atoms. The van der Waals surface area contributed by atoms with E-state index in [4.69, 9.17) is 16.3 Å². The molecule has 0 aliphatic heterocycles. The average Bonchev–Trinajstić information content (AvgIpc) is 2.42. The highest BCUT2D eigenvalue weighted by Gasteiger charge is 2.22. The standard InChI is InChI=1S/C16H22ClNO/c1-3-10-18-15-8-4-7-14-13(15)6-5-9-16(14)19-11-12(2)17/h5-6,9,15,18H,2-4,7-8,10-11H2,1H3. The summed E-state index contributed by atoms with van der Waals surface area (Å²) < 4.78 is 5.76. The van der Waals surface area contributed by atoms with Crippen LogP contribution in [-0.2, 0) is 6.42 Å². The van der Waals surface area contributed by atoms with E-state index in [-0.39, 0.29) is 0 Å². The highest BCUT2D eigenvalue weighted by Crippen LogP contribution is 2.35. The Labute approximate surface area is 120 Å². The van der Waals surface area contributed by atoms with Gasteiger partial charge in [-0.3, -0.25) is 0 Å². The van der Waals surface area contributed by atoms with E-state index in [2.05, 4.69) is 31.0 Å². The van der Waals surface area contributed by atoms with Crippen molar-refractivity contribution in [2.75, 3.05) is 13.2 Å². The van der Waals surface area contributed by atoms with Crippen molar-refractivity contribution >= 4 is 11.6 Å². The van der Waals surface area contributed by atoms with Gasteiger partial charge in [-0.1, -0.05) is 37.2 Å². The molecule has 1 aromatic rings.